The lowest BCUT2D eigenvalue weighted by Crippen LogP contribution is -2.46. The minimum absolute atomic E-state index is 0.0712. The first-order valence-electron chi connectivity index (χ1n) is 6.07. The smallest absolute Gasteiger partial charge is 0.243 e. The van der Waals surface area contributed by atoms with Crippen LogP contribution in [0.2, 0.25) is 0 Å². The van der Waals surface area contributed by atoms with Crippen LogP contribution < -0.4 is 5.32 Å². The van der Waals surface area contributed by atoms with E-state index in [1.165, 1.54) is 4.31 Å². The maximum absolute atomic E-state index is 13.1. The lowest BCUT2D eigenvalue weighted by molar-refractivity contribution is 0.292. The predicted molar refractivity (Wildman–Crippen MR) is 67.2 cm³/mol. The molecule has 0 bridgehead atoms. The van der Waals surface area contributed by atoms with E-state index in [-0.39, 0.29) is 10.9 Å². The molecule has 0 aliphatic carbocycles. The number of sulfonamides is 1. The number of nitrogens with one attached hydrogen (secondary N) is 1. The third-order valence-corrected chi connectivity index (χ3v) is 5.11. The van der Waals surface area contributed by atoms with Gasteiger partial charge in [-0.2, -0.15) is 4.31 Å². The van der Waals surface area contributed by atoms with E-state index in [1.807, 2.05) is 0 Å². The van der Waals surface area contributed by atoms with Crippen LogP contribution in [0.1, 0.15) is 12.8 Å². The van der Waals surface area contributed by atoms with Gasteiger partial charge in [-0.1, -0.05) is 0 Å². The van der Waals surface area contributed by atoms with Crippen LogP contribution in [-0.4, -0.2) is 38.9 Å². The summed E-state index contributed by atoms with van der Waals surface area (Å²) in [5.41, 5.74) is 0. The third kappa shape index (κ3) is 3.10. The van der Waals surface area contributed by atoms with Gasteiger partial charge in [0.15, 0.2) is 0 Å². The fourth-order valence-electron chi connectivity index (χ4n) is 2.22. The summed E-state index contributed by atoms with van der Waals surface area (Å²) in [5.74, 6) is -1.78. The molecule has 0 radical (unpaired) electrons. The van der Waals surface area contributed by atoms with Crippen LogP contribution in [0.4, 0.5) is 8.78 Å². The van der Waals surface area contributed by atoms with Crippen molar-refractivity contribution in [2.24, 2.45) is 0 Å². The predicted octanol–water partition coefficient (Wildman–Crippen LogP) is 1.34. The van der Waals surface area contributed by atoms with Crippen molar-refractivity contribution in [2.45, 2.75) is 23.8 Å². The Kier molecular flexibility index (Phi) is 4.17. The van der Waals surface area contributed by atoms with Crippen LogP contribution in [0.5, 0.6) is 0 Å². The van der Waals surface area contributed by atoms with Crippen molar-refractivity contribution in [2.75, 3.05) is 20.1 Å². The summed E-state index contributed by atoms with van der Waals surface area (Å²) in [4.78, 5) is -0.332. The molecule has 1 N–H and O–H groups in total. The standard InChI is InChI=1S/C12H16F2N2O2S/c1-15-11-3-2-4-16(8-11)19(17,18)12-6-9(13)5-10(14)7-12/h5-7,11,15H,2-4,8H2,1H3/t11-/m1/s1. The molecule has 0 saturated carbocycles. The number of piperidine rings is 1. The first kappa shape index (κ1) is 14.4. The Morgan fingerprint density at radius 1 is 1.26 bits per heavy atom. The van der Waals surface area contributed by atoms with E-state index in [4.69, 9.17) is 0 Å². The van der Waals surface area contributed by atoms with E-state index in [0.717, 1.165) is 25.0 Å². The van der Waals surface area contributed by atoms with Gasteiger partial charge in [0.1, 0.15) is 11.6 Å². The Bertz CT molecular complexity index is 543. The molecule has 1 aromatic carbocycles. The zero-order valence-corrected chi connectivity index (χ0v) is 11.4. The summed E-state index contributed by atoms with van der Waals surface area (Å²) >= 11 is 0. The molecule has 0 spiro atoms. The fourth-order valence-corrected chi connectivity index (χ4v) is 3.79. The van der Waals surface area contributed by atoms with Gasteiger partial charge in [-0.3, -0.25) is 0 Å². The van der Waals surface area contributed by atoms with Crippen LogP contribution >= 0.6 is 0 Å². The first-order valence-corrected chi connectivity index (χ1v) is 7.51. The summed E-state index contributed by atoms with van der Waals surface area (Å²) in [7, 11) is -2.07. The average molecular weight is 290 g/mol. The molecule has 1 atom stereocenters. The summed E-state index contributed by atoms with van der Waals surface area (Å²) in [6.07, 6.45) is 1.61. The molecule has 1 aliphatic heterocycles. The van der Waals surface area contributed by atoms with Crippen molar-refractivity contribution >= 4 is 10.0 Å². The number of likely N-dealkylation sites (N-methyl/N-ethyl adjacent to an activating group) is 1. The second-order valence-electron chi connectivity index (χ2n) is 4.60. The van der Waals surface area contributed by atoms with Crippen LogP contribution in [0, 0.1) is 11.6 Å². The second-order valence-corrected chi connectivity index (χ2v) is 6.53. The van der Waals surface area contributed by atoms with Crippen molar-refractivity contribution in [1.82, 2.24) is 9.62 Å². The Labute approximate surface area is 111 Å². The van der Waals surface area contributed by atoms with Crippen LogP contribution in [0.25, 0.3) is 0 Å². The van der Waals surface area contributed by atoms with Gasteiger partial charge >= 0.3 is 0 Å². The lowest BCUT2D eigenvalue weighted by atomic mass is 10.1. The highest BCUT2D eigenvalue weighted by Gasteiger charge is 2.30. The molecule has 4 nitrogen and oxygen atoms in total. The summed E-state index contributed by atoms with van der Waals surface area (Å²) < 4.78 is 52.2. The quantitative estimate of drug-likeness (QED) is 0.914. The normalized spacial score (nSPS) is 21.5. The van der Waals surface area contributed by atoms with Crippen molar-refractivity contribution < 1.29 is 17.2 Å². The van der Waals surface area contributed by atoms with Crippen LogP contribution in [0.3, 0.4) is 0 Å². The Balaban J connectivity index is 2.31. The molecule has 2 rings (SSSR count). The number of halogens is 2. The molecule has 106 valence electrons. The number of hydrogen-bond donors (Lipinski definition) is 1. The number of benzene rings is 1. The van der Waals surface area contributed by atoms with Crippen molar-refractivity contribution in [3.8, 4) is 0 Å². The van der Waals surface area contributed by atoms with Gasteiger partial charge in [0, 0.05) is 25.2 Å². The molecule has 1 heterocycles. The molecule has 0 aromatic heterocycles. The maximum Gasteiger partial charge on any atom is 0.243 e. The van der Waals surface area contributed by atoms with Crippen molar-refractivity contribution in [3.05, 3.63) is 29.8 Å². The highest BCUT2D eigenvalue weighted by atomic mass is 32.2. The fraction of sp³-hybridized carbons (Fsp3) is 0.500. The topological polar surface area (TPSA) is 49.4 Å². The third-order valence-electron chi connectivity index (χ3n) is 3.27. The number of nitrogens with zero attached hydrogens (tertiary/aromatic N) is 1. The van der Waals surface area contributed by atoms with Crippen LogP contribution in [-0.2, 0) is 10.0 Å². The molecule has 1 fully saturated rings. The molecular formula is C12H16F2N2O2S. The Morgan fingerprint density at radius 2 is 1.89 bits per heavy atom. The zero-order valence-electron chi connectivity index (χ0n) is 10.6. The Hall–Kier alpha value is -1.05. The lowest BCUT2D eigenvalue weighted by Gasteiger charge is -2.31. The molecule has 0 unspecified atom stereocenters. The van der Waals surface area contributed by atoms with Gasteiger partial charge in [-0.25, -0.2) is 17.2 Å². The zero-order chi connectivity index (χ0) is 14.0. The van der Waals surface area contributed by atoms with E-state index in [9.17, 15) is 17.2 Å². The van der Waals surface area contributed by atoms with E-state index in [0.29, 0.717) is 19.2 Å². The summed E-state index contributed by atoms with van der Waals surface area (Å²) in [5, 5.41) is 3.03. The largest absolute Gasteiger partial charge is 0.316 e. The molecule has 7 heteroatoms. The minimum Gasteiger partial charge on any atom is -0.316 e. The SMILES string of the molecule is CN[C@@H]1CCCN(S(=O)(=O)c2cc(F)cc(F)c2)C1. The molecule has 19 heavy (non-hydrogen) atoms. The molecule has 1 saturated heterocycles. The number of rotatable bonds is 3. The minimum atomic E-state index is -3.84. The van der Waals surface area contributed by atoms with Gasteiger partial charge in [-0.15, -0.1) is 0 Å². The second kappa shape index (κ2) is 5.52. The van der Waals surface area contributed by atoms with Crippen molar-refractivity contribution in [1.29, 1.82) is 0 Å². The van der Waals surface area contributed by atoms with E-state index in [1.54, 1.807) is 7.05 Å². The van der Waals surface area contributed by atoms with Gasteiger partial charge in [0.2, 0.25) is 10.0 Å². The van der Waals surface area contributed by atoms with Gasteiger partial charge in [-0.05, 0) is 32.0 Å². The van der Waals surface area contributed by atoms with Gasteiger partial charge in [0.25, 0.3) is 0 Å². The van der Waals surface area contributed by atoms with Gasteiger partial charge in [0.05, 0.1) is 4.90 Å². The summed E-state index contributed by atoms with van der Waals surface area (Å²) in [6, 6.07) is 2.43. The Morgan fingerprint density at radius 3 is 2.47 bits per heavy atom. The summed E-state index contributed by atoms with van der Waals surface area (Å²) in [6.45, 7) is 0.690. The van der Waals surface area contributed by atoms with E-state index >= 15 is 0 Å². The van der Waals surface area contributed by atoms with E-state index in [2.05, 4.69) is 5.32 Å². The maximum atomic E-state index is 13.1. The molecule has 1 aromatic rings. The highest BCUT2D eigenvalue weighted by molar-refractivity contribution is 7.89. The van der Waals surface area contributed by atoms with Crippen LogP contribution in [0.15, 0.2) is 23.1 Å². The van der Waals surface area contributed by atoms with Gasteiger partial charge < -0.3 is 5.32 Å². The molecule has 1 aliphatic rings. The molecular weight excluding hydrogens is 274 g/mol. The first-order chi connectivity index (χ1) is 8.93. The van der Waals surface area contributed by atoms with E-state index < -0.39 is 21.7 Å². The number of hydrogen-bond acceptors (Lipinski definition) is 3. The molecule has 0 amide bonds. The average Bonchev–Trinajstić information content (AvgIpc) is 2.37. The monoisotopic (exact) mass is 290 g/mol. The highest BCUT2D eigenvalue weighted by Crippen LogP contribution is 2.22. The van der Waals surface area contributed by atoms with Crippen molar-refractivity contribution in [3.63, 3.8) is 0 Å².